The molecule has 1 N–H and O–H groups in total. The van der Waals surface area contributed by atoms with E-state index in [0.29, 0.717) is 0 Å². The van der Waals surface area contributed by atoms with Crippen molar-refractivity contribution in [3.05, 3.63) is 0 Å². The highest BCUT2D eigenvalue weighted by atomic mass is 19.4. The van der Waals surface area contributed by atoms with E-state index in [1.165, 1.54) is 11.8 Å². The van der Waals surface area contributed by atoms with Crippen LogP contribution in [0.2, 0.25) is 0 Å². The Kier molecular flexibility index (Phi) is 6.49. The molecule has 1 heterocycles. The van der Waals surface area contributed by atoms with Crippen LogP contribution in [-0.4, -0.2) is 53.6 Å². The van der Waals surface area contributed by atoms with Crippen molar-refractivity contribution in [2.75, 3.05) is 6.54 Å². The largest absolute Gasteiger partial charge is 0.522 e. The lowest BCUT2D eigenvalue weighted by atomic mass is 9.99. The number of carbonyl (C=O) groups excluding carboxylic acids is 2. The van der Waals surface area contributed by atoms with Gasteiger partial charge in [-0.1, -0.05) is 0 Å². The standard InChI is InChI=1S/C15H25F3N2O4/c1-9-8-11(23-15(16,17)18)6-7-20(9)12(21)10(2)19-13(22)24-14(3,4)5/h9-11H,6-8H2,1-5H3,(H,19,22)/t9-,10+,11-/m0/s1. The van der Waals surface area contributed by atoms with Crippen molar-refractivity contribution in [2.24, 2.45) is 0 Å². The minimum Gasteiger partial charge on any atom is -0.444 e. The zero-order valence-corrected chi connectivity index (χ0v) is 14.6. The molecule has 0 unspecified atom stereocenters. The van der Waals surface area contributed by atoms with Crippen molar-refractivity contribution >= 4 is 12.0 Å². The maximum absolute atomic E-state index is 12.4. The number of amides is 2. The number of carbonyl (C=O) groups is 2. The zero-order chi connectivity index (χ0) is 18.7. The number of alkyl halides is 3. The van der Waals surface area contributed by atoms with Crippen LogP contribution in [0.3, 0.4) is 0 Å². The summed E-state index contributed by atoms with van der Waals surface area (Å²) in [5, 5.41) is 2.44. The van der Waals surface area contributed by atoms with Crippen LogP contribution < -0.4 is 5.32 Å². The van der Waals surface area contributed by atoms with E-state index in [1.807, 2.05) is 0 Å². The third kappa shape index (κ3) is 6.94. The molecule has 1 fully saturated rings. The van der Waals surface area contributed by atoms with E-state index in [-0.39, 0.29) is 25.3 Å². The number of hydrogen-bond acceptors (Lipinski definition) is 4. The van der Waals surface area contributed by atoms with Crippen LogP contribution in [0.1, 0.15) is 47.5 Å². The van der Waals surface area contributed by atoms with E-state index in [4.69, 9.17) is 4.74 Å². The van der Waals surface area contributed by atoms with Crippen molar-refractivity contribution in [1.82, 2.24) is 10.2 Å². The fraction of sp³-hybridized carbons (Fsp3) is 0.867. The second-order valence-electron chi connectivity index (χ2n) is 6.96. The van der Waals surface area contributed by atoms with Gasteiger partial charge in [0.1, 0.15) is 11.6 Å². The number of likely N-dealkylation sites (tertiary alicyclic amines) is 1. The summed E-state index contributed by atoms with van der Waals surface area (Å²) in [5.41, 5.74) is -0.687. The smallest absolute Gasteiger partial charge is 0.444 e. The average molecular weight is 354 g/mol. The first-order valence-electron chi connectivity index (χ1n) is 7.83. The predicted molar refractivity (Wildman–Crippen MR) is 80.2 cm³/mol. The van der Waals surface area contributed by atoms with Crippen LogP contribution in [0.5, 0.6) is 0 Å². The summed E-state index contributed by atoms with van der Waals surface area (Å²) in [7, 11) is 0. The molecule has 1 aliphatic heterocycles. The highest BCUT2D eigenvalue weighted by molar-refractivity contribution is 5.85. The summed E-state index contributed by atoms with van der Waals surface area (Å²) >= 11 is 0. The van der Waals surface area contributed by atoms with Crippen molar-refractivity contribution in [3.63, 3.8) is 0 Å². The number of nitrogens with one attached hydrogen (secondary N) is 1. The van der Waals surface area contributed by atoms with Gasteiger partial charge in [-0.2, -0.15) is 0 Å². The van der Waals surface area contributed by atoms with E-state index < -0.39 is 36.2 Å². The van der Waals surface area contributed by atoms with Crippen LogP contribution in [-0.2, 0) is 14.3 Å². The summed E-state index contributed by atoms with van der Waals surface area (Å²) in [6.07, 6.45) is -6.18. The fourth-order valence-corrected chi connectivity index (χ4v) is 2.55. The van der Waals surface area contributed by atoms with Crippen LogP contribution in [0.15, 0.2) is 0 Å². The van der Waals surface area contributed by atoms with Gasteiger partial charge in [0.2, 0.25) is 5.91 Å². The van der Waals surface area contributed by atoms with E-state index in [0.717, 1.165) is 0 Å². The van der Waals surface area contributed by atoms with Gasteiger partial charge in [-0.25, -0.2) is 4.79 Å². The Labute approximate surface area is 139 Å². The number of piperidine rings is 1. The Morgan fingerprint density at radius 2 is 1.83 bits per heavy atom. The van der Waals surface area contributed by atoms with Crippen LogP contribution in [0, 0.1) is 0 Å². The minimum absolute atomic E-state index is 0.0877. The number of alkyl carbamates (subject to hydrolysis) is 1. The lowest BCUT2D eigenvalue weighted by molar-refractivity contribution is -0.346. The molecule has 140 valence electrons. The number of hydrogen-bond donors (Lipinski definition) is 1. The molecule has 2 amide bonds. The quantitative estimate of drug-likeness (QED) is 0.846. The molecule has 3 atom stereocenters. The molecule has 6 nitrogen and oxygen atoms in total. The summed E-state index contributed by atoms with van der Waals surface area (Å²) < 4.78 is 45.9. The number of nitrogens with zero attached hydrogens (tertiary/aromatic N) is 1. The molecule has 0 aromatic carbocycles. The van der Waals surface area contributed by atoms with Crippen molar-refractivity contribution in [1.29, 1.82) is 0 Å². The van der Waals surface area contributed by atoms with Gasteiger partial charge in [0.25, 0.3) is 0 Å². The first-order valence-corrected chi connectivity index (χ1v) is 7.83. The van der Waals surface area contributed by atoms with Gasteiger partial charge in [0, 0.05) is 12.6 Å². The molecule has 0 spiro atoms. The predicted octanol–water partition coefficient (Wildman–Crippen LogP) is 2.82. The van der Waals surface area contributed by atoms with E-state index in [2.05, 4.69) is 10.1 Å². The molecular weight excluding hydrogens is 329 g/mol. The molecule has 0 saturated carbocycles. The van der Waals surface area contributed by atoms with Gasteiger partial charge in [-0.05, 0) is 47.5 Å². The van der Waals surface area contributed by atoms with Crippen molar-refractivity contribution < 1.29 is 32.2 Å². The number of halogens is 3. The molecule has 24 heavy (non-hydrogen) atoms. The summed E-state index contributed by atoms with van der Waals surface area (Å²) in [6, 6.07) is -1.25. The van der Waals surface area contributed by atoms with E-state index in [9.17, 15) is 22.8 Å². The first-order chi connectivity index (χ1) is 10.8. The van der Waals surface area contributed by atoms with Crippen molar-refractivity contribution in [2.45, 2.75) is 77.6 Å². The van der Waals surface area contributed by atoms with Gasteiger partial charge in [0.05, 0.1) is 6.10 Å². The highest BCUT2D eigenvalue weighted by Crippen LogP contribution is 2.27. The van der Waals surface area contributed by atoms with Crippen LogP contribution in [0.4, 0.5) is 18.0 Å². The molecule has 9 heteroatoms. The molecule has 0 aromatic heterocycles. The molecule has 0 aliphatic carbocycles. The molecule has 0 bridgehead atoms. The van der Waals surface area contributed by atoms with Crippen LogP contribution in [0.25, 0.3) is 0 Å². The zero-order valence-electron chi connectivity index (χ0n) is 14.6. The summed E-state index contributed by atoms with van der Waals surface area (Å²) in [6.45, 7) is 8.41. The molecule has 0 aromatic rings. The summed E-state index contributed by atoms with van der Waals surface area (Å²) in [4.78, 5) is 25.5. The molecule has 1 rings (SSSR count). The lowest BCUT2D eigenvalue weighted by Crippen LogP contribution is -2.54. The third-order valence-electron chi connectivity index (χ3n) is 3.52. The molecular formula is C15H25F3N2O4. The Morgan fingerprint density at radius 1 is 1.25 bits per heavy atom. The Bertz CT molecular complexity index is 463. The van der Waals surface area contributed by atoms with E-state index in [1.54, 1.807) is 27.7 Å². The molecule has 1 aliphatic rings. The summed E-state index contributed by atoms with van der Waals surface area (Å²) in [5.74, 6) is -0.362. The van der Waals surface area contributed by atoms with Gasteiger partial charge in [-0.3, -0.25) is 9.53 Å². The fourth-order valence-electron chi connectivity index (χ4n) is 2.55. The Morgan fingerprint density at radius 3 is 2.29 bits per heavy atom. The maximum atomic E-state index is 12.4. The number of ether oxygens (including phenoxy) is 2. The normalized spacial score (nSPS) is 23.6. The highest BCUT2D eigenvalue weighted by Gasteiger charge is 2.38. The second kappa shape index (κ2) is 7.58. The monoisotopic (exact) mass is 354 g/mol. The maximum Gasteiger partial charge on any atom is 0.522 e. The van der Waals surface area contributed by atoms with Gasteiger partial charge in [0.15, 0.2) is 0 Å². The Hall–Kier alpha value is -1.51. The Balaban J connectivity index is 2.55. The molecule has 0 radical (unpaired) electrons. The second-order valence-corrected chi connectivity index (χ2v) is 6.96. The van der Waals surface area contributed by atoms with E-state index >= 15 is 0 Å². The molecule has 1 saturated heterocycles. The third-order valence-corrected chi connectivity index (χ3v) is 3.52. The van der Waals surface area contributed by atoms with Crippen LogP contribution >= 0.6 is 0 Å². The van der Waals surface area contributed by atoms with Gasteiger partial charge < -0.3 is 15.0 Å². The minimum atomic E-state index is -4.68. The average Bonchev–Trinajstić information content (AvgIpc) is 2.33. The topological polar surface area (TPSA) is 67.9 Å². The SMILES string of the molecule is C[C@@H](NC(=O)OC(C)(C)C)C(=O)N1CC[C@H](OC(F)(F)F)C[C@@H]1C. The number of rotatable bonds is 3. The van der Waals surface area contributed by atoms with Crippen molar-refractivity contribution in [3.8, 4) is 0 Å². The van der Waals surface area contributed by atoms with Gasteiger partial charge >= 0.3 is 12.5 Å². The first kappa shape index (κ1) is 20.5. The van der Waals surface area contributed by atoms with Gasteiger partial charge in [-0.15, -0.1) is 13.2 Å². The lowest BCUT2D eigenvalue weighted by Gasteiger charge is -2.39.